The van der Waals surface area contributed by atoms with Crippen LogP contribution >= 0.6 is 0 Å². The van der Waals surface area contributed by atoms with Gasteiger partial charge < -0.3 is 4.42 Å². The normalized spacial score (nSPS) is 10.6. The highest BCUT2D eigenvalue weighted by Crippen LogP contribution is 2.24. The Bertz CT molecular complexity index is 867. The number of carbonyl (C=O) groups excluding carboxylic acids is 1. The summed E-state index contributed by atoms with van der Waals surface area (Å²) in [6.45, 7) is 6.03. The van der Waals surface area contributed by atoms with Crippen LogP contribution in [-0.2, 0) is 11.2 Å². The standard InChI is InChI=1S/C19H19N3O2/c1-12-4-7-15(8-5-12)11-17(23)20-19-22-21-18(24-19)16-9-6-13(2)10-14(16)3/h4-10H,11H2,1-3H3,(H,20,22,23). The van der Waals surface area contributed by atoms with Crippen molar-refractivity contribution in [1.82, 2.24) is 10.2 Å². The third-order valence-electron chi connectivity index (χ3n) is 3.77. The highest BCUT2D eigenvalue weighted by atomic mass is 16.4. The van der Waals surface area contributed by atoms with Gasteiger partial charge in [-0.05, 0) is 38.0 Å². The molecule has 0 radical (unpaired) electrons. The van der Waals surface area contributed by atoms with Crippen molar-refractivity contribution in [3.05, 3.63) is 64.7 Å². The van der Waals surface area contributed by atoms with Gasteiger partial charge in [0.2, 0.25) is 11.8 Å². The lowest BCUT2D eigenvalue weighted by atomic mass is 10.1. The van der Waals surface area contributed by atoms with Crippen molar-refractivity contribution in [1.29, 1.82) is 0 Å². The summed E-state index contributed by atoms with van der Waals surface area (Å²) in [6, 6.07) is 13.9. The van der Waals surface area contributed by atoms with E-state index in [2.05, 4.69) is 21.6 Å². The Kier molecular flexibility index (Phi) is 4.42. The summed E-state index contributed by atoms with van der Waals surface area (Å²) in [7, 11) is 0. The lowest BCUT2D eigenvalue weighted by Gasteiger charge is -2.03. The van der Waals surface area contributed by atoms with Gasteiger partial charge in [0.05, 0.1) is 6.42 Å². The Hall–Kier alpha value is -2.95. The van der Waals surface area contributed by atoms with Crippen molar-refractivity contribution < 1.29 is 9.21 Å². The fourth-order valence-electron chi connectivity index (χ4n) is 2.49. The molecule has 1 heterocycles. The molecule has 0 fully saturated rings. The molecular formula is C19H19N3O2. The summed E-state index contributed by atoms with van der Waals surface area (Å²) >= 11 is 0. The van der Waals surface area contributed by atoms with Crippen molar-refractivity contribution >= 4 is 11.9 Å². The second-order valence-corrected chi connectivity index (χ2v) is 5.94. The number of nitrogens with zero attached hydrogens (tertiary/aromatic N) is 2. The third kappa shape index (κ3) is 3.68. The number of amides is 1. The van der Waals surface area contributed by atoms with Gasteiger partial charge in [0.25, 0.3) is 0 Å². The van der Waals surface area contributed by atoms with Crippen molar-refractivity contribution in [3.8, 4) is 11.5 Å². The molecule has 0 saturated heterocycles. The predicted molar refractivity (Wildman–Crippen MR) is 92.7 cm³/mol. The van der Waals surface area contributed by atoms with Crippen LogP contribution in [0.4, 0.5) is 6.01 Å². The first kappa shape index (κ1) is 15.9. The van der Waals surface area contributed by atoms with Crippen LogP contribution in [0.1, 0.15) is 22.3 Å². The van der Waals surface area contributed by atoms with Gasteiger partial charge in [-0.15, -0.1) is 5.10 Å². The van der Waals surface area contributed by atoms with Crippen molar-refractivity contribution in [2.45, 2.75) is 27.2 Å². The van der Waals surface area contributed by atoms with Gasteiger partial charge in [-0.25, -0.2) is 0 Å². The fraction of sp³-hybridized carbons (Fsp3) is 0.211. The summed E-state index contributed by atoms with van der Waals surface area (Å²) < 4.78 is 5.56. The summed E-state index contributed by atoms with van der Waals surface area (Å²) in [5.41, 5.74) is 5.19. The van der Waals surface area contributed by atoms with E-state index in [-0.39, 0.29) is 18.3 Å². The van der Waals surface area contributed by atoms with E-state index in [1.165, 1.54) is 5.56 Å². The van der Waals surface area contributed by atoms with Crippen molar-refractivity contribution in [3.63, 3.8) is 0 Å². The number of nitrogens with one attached hydrogen (secondary N) is 1. The maximum atomic E-state index is 12.1. The number of anilines is 1. The third-order valence-corrected chi connectivity index (χ3v) is 3.77. The summed E-state index contributed by atoms with van der Waals surface area (Å²) in [6.07, 6.45) is 0.265. The molecule has 0 unspecified atom stereocenters. The number of hydrogen-bond donors (Lipinski definition) is 1. The molecule has 5 heteroatoms. The largest absolute Gasteiger partial charge is 0.403 e. The van der Waals surface area contributed by atoms with E-state index in [9.17, 15) is 4.79 Å². The highest BCUT2D eigenvalue weighted by Gasteiger charge is 2.13. The molecule has 122 valence electrons. The number of rotatable bonds is 4. The Morgan fingerprint density at radius 3 is 2.42 bits per heavy atom. The average Bonchev–Trinajstić information content (AvgIpc) is 2.97. The van der Waals surface area contributed by atoms with Gasteiger partial charge in [0.15, 0.2) is 0 Å². The molecule has 1 aromatic heterocycles. The molecule has 3 rings (SSSR count). The zero-order chi connectivity index (χ0) is 17.1. The number of benzene rings is 2. The minimum absolute atomic E-state index is 0.113. The summed E-state index contributed by atoms with van der Waals surface area (Å²) in [4.78, 5) is 12.1. The topological polar surface area (TPSA) is 68.0 Å². The van der Waals surface area contributed by atoms with Crippen LogP contribution < -0.4 is 5.32 Å². The second kappa shape index (κ2) is 6.66. The Morgan fingerprint density at radius 1 is 1.00 bits per heavy atom. The van der Waals surface area contributed by atoms with Gasteiger partial charge in [0, 0.05) is 5.56 Å². The molecule has 24 heavy (non-hydrogen) atoms. The highest BCUT2D eigenvalue weighted by molar-refractivity contribution is 5.90. The molecular weight excluding hydrogens is 302 g/mol. The van der Waals surface area contributed by atoms with E-state index in [1.54, 1.807) is 0 Å². The van der Waals surface area contributed by atoms with Crippen LogP contribution in [-0.4, -0.2) is 16.1 Å². The van der Waals surface area contributed by atoms with Crippen LogP contribution in [0.2, 0.25) is 0 Å². The molecule has 1 N–H and O–H groups in total. The van der Waals surface area contributed by atoms with Crippen LogP contribution in [0, 0.1) is 20.8 Å². The molecule has 0 aliphatic rings. The molecule has 0 atom stereocenters. The monoisotopic (exact) mass is 321 g/mol. The first-order chi connectivity index (χ1) is 11.5. The maximum absolute atomic E-state index is 12.1. The van der Waals surface area contributed by atoms with Crippen LogP contribution in [0.5, 0.6) is 0 Å². The molecule has 2 aromatic carbocycles. The molecule has 3 aromatic rings. The smallest absolute Gasteiger partial charge is 0.322 e. The number of aromatic nitrogens is 2. The minimum atomic E-state index is -0.185. The zero-order valence-electron chi connectivity index (χ0n) is 14.0. The lowest BCUT2D eigenvalue weighted by molar-refractivity contribution is -0.115. The Morgan fingerprint density at radius 2 is 1.71 bits per heavy atom. The minimum Gasteiger partial charge on any atom is -0.403 e. The van der Waals surface area contributed by atoms with Crippen LogP contribution in [0.15, 0.2) is 46.9 Å². The van der Waals surface area contributed by atoms with Crippen LogP contribution in [0.3, 0.4) is 0 Å². The molecule has 1 amide bonds. The molecule has 0 spiro atoms. The molecule has 0 saturated carbocycles. The first-order valence-electron chi connectivity index (χ1n) is 7.78. The SMILES string of the molecule is Cc1ccc(CC(=O)Nc2nnc(-c3ccc(C)cc3C)o2)cc1. The predicted octanol–water partition coefficient (Wildman–Crippen LogP) is 3.84. The van der Waals surface area contributed by atoms with Gasteiger partial charge in [-0.1, -0.05) is 52.6 Å². The molecule has 0 bridgehead atoms. The van der Waals surface area contributed by atoms with E-state index < -0.39 is 0 Å². The van der Waals surface area contributed by atoms with E-state index >= 15 is 0 Å². The van der Waals surface area contributed by atoms with E-state index in [4.69, 9.17) is 4.42 Å². The van der Waals surface area contributed by atoms with Gasteiger partial charge in [0.1, 0.15) is 0 Å². The fourth-order valence-corrected chi connectivity index (χ4v) is 2.49. The molecule has 5 nitrogen and oxygen atoms in total. The van der Waals surface area contributed by atoms with E-state index in [1.807, 2.05) is 57.2 Å². The van der Waals surface area contributed by atoms with Gasteiger partial charge in [-0.3, -0.25) is 10.1 Å². The Balaban J connectivity index is 1.69. The lowest BCUT2D eigenvalue weighted by Crippen LogP contribution is -2.14. The first-order valence-corrected chi connectivity index (χ1v) is 7.78. The molecule has 0 aliphatic carbocycles. The average molecular weight is 321 g/mol. The number of carbonyl (C=O) groups is 1. The number of aryl methyl sites for hydroxylation is 3. The number of hydrogen-bond acceptors (Lipinski definition) is 4. The van der Waals surface area contributed by atoms with E-state index in [0.717, 1.165) is 22.3 Å². The van der Waals surface area contributed by atoms with Crippen molar-refractivity contribution in [2.75, 3.05) is 5.32 Å². The quantitative estimate of drug-likeness (QED) is 0.792. The second-order valence-electron chi connectivity index (χ2n) is 5.94. The van der Waals surface area contributed by atoms with Gasteiger partial charge >= 0.3 is 6.01 Å². The van der Waals surface area contributed by atoms with Crippen molar-refractivity contribution in [2.24, 2.45) is 0 Å². The Labute approximate surface area is 140 Å². The zero-order valence-corrected chi connectivity index (χ0v) is 14.0. The molecule has 0 aliphatic heterocycles. The van der Waals surface area contributed by atoms with Crippen LogP contribution in [0.25, 0.3) is 11.5 Å². The summed E-state index contributed by atoms with van der Waals surface area (Å²) in [5, 5.41) is 10.6. The summed E-state index contributed by atoms with van der Waals surface area (Å²) in [5.74, 6) is 0.216. The maximum Gasteiger partial charge on any atom is 0.322 e. The van der Waals surface area contributed by atoms with E-state index in [0.29, 0.717) is 5.89 Å². The van der Waals surface area contributed by atoms with Gasteiger partial charge in [-0.2, -0.15) is 0 Å².